The van der Waals surface area contributed by atoms with E-state index in [1.807, 2.05) is 35.3 Å². The molecule has 0 spiro atoms. The van der Waals surface area contributed by atoms with Gasteiger partial charge in [-0.25, -0.2) is 0 Å². The Morgan fingerprint density at radius 2 is 1.73 bits per heavy atom. The third-order valence-electron chi connectivity index (χ3n) is 1.81. The quantitative estimate of drug-likeness (QED) is 0.510. The van der Waals surface area contributed by atoms with Crippen LogP contribution in [0.1, 0.15) is 6.42 Å². The third-order valence-corrected chi connectivity index (χ3v) is 7.18. The molecule has 11 heavy (non-hydrogen) atoms. The van der Waals surface area contributed by atoms with Gasteiger partial charge in [0.05, 0.1) is 12.7 Å². The van der Waals surface area contributed by atoms with Gasteiger partial charge in [-0.1, -0.05) is 0 Å². The first kappa shape index (κ1) is 10.1. The van der Waals surface area contributed by atoms with Crippen LogP contribution >= 0.6 is 35.3 Å². The lowest BCUT2D eigenvalue weighted by Gasteiger charge is -2.26. The molecule has 1 aliphatic rings. The molecule has 1 aliphatic heterocycles. The van der Waals surface area contributed by atoms with Crippen molar-refractivity contribution in [2.45, 2.75) is 15.9 Å². The van der Waals surface area contributed by atoms with Crippen LogP contribution in [0.4, 0.5) is 0 Å². The Balaban J connectivity index is 2.39. The highest BCUT2D eigenvalue weighted by Gasteiger charge is 2.36. The molecular weight excluding hydrogens is 196 g/mol. The summed E-state index contributed by atoms with van der Waals surface area (Å²) in [5, 5.41) is 0. The van der Waals surface area contributed by atoms with Gasteiger partial charge in [0.25, 0.3) is 0 Å². The van der Waals surface area contributed by atoms with E-state index in [0.29, 0.717) is 9.52 Å². The van der Waals surface area contributed by atoms with Gasteiger partial charge in [-0.3, -0.25) is 0 Å². The van der Waals surface area contributed by atoms with Gasteiger partial charge in [-0.05, 0) is 18.8 Å². The number of ether oxygens (including phenoxy) is 1. The predicted molar refractivity (Wildman–Crippen MR) is 57.6 cm³/mol. The van der Waals surface area contributed by atoms with Crippen LogP contribution in [0, 0.1) is 0 Å². The Morgan fingerprint density at radius 1 is 1.27 bits per heavy atom. The summed E-state index contributed by atoms with van der Waals surface area (Å²) >= 11 is 5.79. The highest BCUT2D eigenvalue weighted by atomic mass is 32.3. The maximum absolute atomic E-state index is 5.23. The summed E-state index contributed by atoms with van der Waals surface area (Å²) in [4.78, 5) is 0. The molecule has 66 valence electrons. The fourth-order valence-corrected chi connectivity index (χ4v) is 4.02. The summed E-state index contributed by atoms with van der Waals surface area (Å²) in [6, 6.07) is 0. The van der Waals surface area contributed by atoms with Gasteiger partial charge in [0.2, 0.25) is 0 Å². The molecule has 1 rings (SSSR count). The molecule has 0 unspecified atom stereocenters. The van der Waals surface area contributed by atoms with Gasteiger partial charge in [-0.15, -0.1) is 35.3 Å². The lowest BCUT2D eigenvalue weighted by Crippen LogP contribution is -2.16. The second kappa shape index (κ2) is 4.30. The average Bonchev–Trinajstić information content (AvgIpc) is 2.84. The minimum absolute atomic E-state index is 0.334. The predicted octanol–water partition coefficient (Wildman–Crippen LogP) is 2.52. The van der Waals surface area contributed by atoms with Gasteiger partial charge < -0.3 is 4.74 Å². The third kappa shape index (κ3) is 2.76. The van der Waals surface area contributed by atoms with Crippen LogP contribution in [-0.2, 0) is 4.74 Å². The van der Waals surface area contributed by atoms with Crippen LogP contribution in [0.25, 0.3) is 0 Å². The van der Waals surface area contributed by atoms with Crippen LogP contribution in [0.5, 0.6) is 0 Å². The zero-order valence-electron chi connectivity index (χ0n) is 7.12. The molecule has 0 N–H and O–H groups in total. The lowest BCUT2D eigenvalue weighted by molar-refractivity contribution is 0.400. The van der Waals surface area contributed by atoms with Crippen LogP contribution in [0.2, 0.25) is 0 Å². The van der Waals surface area contributed by atoms with Gasteiger partial charge >= 0.3 is 0 Å². The summed E-state index contributed by atoms with van der Waals surface area (Å²) in [6.45, 7) is 0.976. The summed E-state index contributed by atoms with van der Waals surface area (Å²) in [5.74, 6) is 0. The van der Waals surface area contributed by atoms with Crippen molar-refractivity contribution in [3.05, 3.63) is 0 Å². The minimum Gasteiger partial charge on any atom is -0.373 e. The smallest absolute Gasteiger partial charge is 0.108 e. The van der Waals surface area contributed by atoms with Gasteiger partial charge in [0.1, 0.15) is 3.41 Å². The van der Waals surface area contributed by atoms with E-state index >= 15 is 0 Å². The number of hydrogen-bond donors (Lipinski definition) is 0. The SMILES string of the molecule is CSC(C[C@@H]1CO1)(SC)SC. The first-order valence-corrected chi connectivity index (χ1v) is 7.21. The fraction of sp³-hybridized carbons (Fsp3) is 1.00. The molecule has 1 fully saturated rings. The average molecular weight is 210 g/mol. The molecule has 0 aliphatic carbocycles. The van der Waals surface area contributed by atoms with Crippen LogP contribution < -0.4 is 0 Å². The van der Waals surface area contributed by atoms with Crippen molar-refractivity contribution >= 4 is 35.3 Å². The molecule has 0 amide bonds. The van der Waals surface area contributed by atoms with Crippen molar-refractivity contribution in [3.63, 3.8) is 0 Å². The van der Waals surface area contributed by atoms with Crippen LogP contribution in [0.15, 0.2) is 0 Å². The summed E-state index contributed by atoms with van der Waals surface area (Å²) in [5.41, 5.74) is 0. The monoisotopic (exact) mass is 210 g/mol. The van der Waals surface area contributed by atoms with Gasteiger partial charge in [0, 0.05) is 6.42 Å². The van der Waals surface area contributed by atoms with Gasteiger partial charge in [0.15, 0.2) is 0 Å². The highest BCUT2D eigenvalue weighted by Crippen LogP contribution is 2.48. The first-order chi connectivity index (χ1) is 5.26. The van der Waals surface area contributed by atoms with Crippen LogP contribution in [-0.4, -0.2) is 34.9 Å². The Bertz CT molecular complexity index is 113. The molecule has 1 atom stereocenters. The van der Waals surface area contributed by atoms with Crippen molar-refractivity contribution in [2.24, 2.45) is 0 Å². The van der Waals surface area contributed by atoms with E-state index in [0.717, 1.165) is 6.61 Å². The number of rotatable bonds is 5. The Morgan fingerprint density at radius 3 is 2.00 bits per heavy atom. The van der Waals surface area contributed by atoms with Crippen molar-refractivity contribution in [1.29, 1.82) is 0 Å². The molecule has 0 aromatic rings. The van der Waals surface area contributed by atoms with E-state index < -0.39 is 0 Å². The molecule has 0 aromatic carbocycles. The van der Waals surface area contributed by atoms with E-state index in [-0.39, 0.29) is 0 Å². The van der Waals surface area contributed by atoms with Gasteiger partial charge in [-0.2, -0.15) is 0 Å². The van der Waals surface area contributed by atoms with Crippen molar-refractivity contribution < 1.29 is 4.74 Å². The zero-order valence-corrected chi connectivity index (χ0v) is 9.57. The van der Waals surface area contributed by atoms with Crippen molar-refractivity contribution in [3.8, 4) is 0 Å². The largest absolute Gasteiger partial charge is 0.373 e. The second-order valence-electron chi connectivity index (χ2n) is 2.45. The van der Waals surface area contributed by atoms with Crippen LogP contribution in [0.3, 0.4) is 0 Å². The summed E-state index contributed by atoms with van der Waals surface area (Å²) < 4.78 is 5.56. The van der Waals surface area contributed by atoms with E-state index in [1.54, 1.807) is 0 Å². The molecular formula is C7H14OS3. The zero-order chi connectivity index (χ0) is 8.32. The molecule has 1 saturated heterocycles. The fourth-order valence-electron chi connectivity index (χ4n) is 0.965. The van der Waals surface area contributed by atoms with Crippen molar-refractivity contribution in [1.82, 2.24) is 0 Å². The molecule has 1 heterocycles. The van der Waals surface area contributed by atoms with E-state index in [2.05, 4.69) is 18.8 Å². The molecule has 0 bridgehead atoms. The number of hydrogen-bond acceptors (Lipinski definition) is 4. The number of epoxide rings is 1. The molecule has 1 nitrogen and oxygen atoms in total. The molecule has 0 saturated carbocycles. The van der Waals surface area contributed by atoms with Crippen molar-refractivity contribution in [2.75, 3.05) is 25.4 Å². The topological polar surface area (TPSA) is 12.5 Å². The van der Waals surface area contributed by atoms with E-state index in [9.17, 15) is 0 Å². The number of thioether (sulfide) groups is 3. The second-order valence-corrected chi connectivity index (χ2v) is 6.55. The first-order valence-electron chi connectivity index (χ1n) is 3.53. The minimum atomic E-state index is 0.334. The normalized spacial score (nSPS) is 23.7. The Hall–Kier alpha value is 1.01. The Labute approximate surface area is 81.4 Å². The standard InChI is InChI=1S/C7H14OS3/c1-9-7(10-2,11-3)4-6-5-8-6/h6H,4-5H2,1-3H3/t6-/m1/s1. The molecule has 4 heteroatoms. The Kier molecular flexibility index (Phi) is 3.95. The molecule has 0 aromatic heterocycles. The highest BCUT2D eigenvalue weighted by molar-refractivity contribution is 8.33. The van der Waals surface area contributed by atoms with E-state index in [4.69, 9.17) is 4.74 Å². The summed E-state index contributed by atoms with van der Waals surface area (Å²) in [6.07, 6.45) is 8.25. The lowest BCUT2D eigenvalue weighted by atomic mass is 10.4. The van der Waals surface area contributed by atoms with E-state index in [1.165, 1.54) is 6.42 Å². The molecule has 0 radical (unpaired) electrons. The summed E-state index contributed by atoms with van der Waals surface area (Å²) in [7, 11) is 0. The maximum atomic E-state index is 5.23. The maximum Gasteiger partial charge on any atom is 0.108 e.